The Bertz CT molecular complexity index is 442. The maximum Gasteiger partial charge on any atom is 0.173 e. The molecule has 0 aliphatic heterocycles. The number of nitrogens with one attached hydrogen (secondary N) is 1. The van der Waals surface area contributed by atoms with Crippen LogP contribution < -0.4 is 5.32 Å². The van der Waals surface area contributed by atoms with Crippen LogP contribution in [-0.2, 0) is 0 Å². The largest absolute Gasteiger partial charge is 0.349 e. The summed E-state index contributed by atoms with van der Waals surface area (Å²) in [4.78, 5) is 2.28. The number of hydrogen-bond donors (Lipinski definition) is 1. The number of rotatable bonds is 5. The third kappa shape index (κ3) is 5.49. The maximum atomic E-state index is 5.61. The first kappa shape index (κ1) is 17.0. The van der Waals surface area contributed by atoms with Crippen LogP contribution in [0.1, 0.15) is 38.8 Å². The molecule has 1 rings (SSSR count). The molecule has 0 heterocycles. The molecule has 0 bridgehead atoms. The van der Waals surface area contributed by atoms with Crippen LogP contribution in [0.25, 0.3) is 0 Å². The molecule has 0 fully saturated rings. The van der Waals surface area contributed by atoms with Crippen molar-refractivity contribution in [2.75, 3.05) is 18.4 Å². The molecule has 0 saturated heterocycles. The van der Waals surface area contributed by atoms with E-state index in [2.05, 4.69) is 70.0 Å². The fourth-order valence-electron chi connectivity index (χ4n) is 2.19. The molecule has 0 saturated carbocycles. The van der Waals surface area contributed by atoms with Crippen LogP contribution in [0.15, 0.2) is 18.2 Å². The van der Waals surface area contributed by atoms with Crippen molar-refractivity contribution in [3.8, 4) is 0 Å². The number of thiocarbonyl (C=S) groups is 1. The molecule has 0 atom stereocenters. The van der Waals surface area contributed by atoms with Crippen molar-refractivity contribution in [3.05, 3.63) is 29.3 Å². The van der Waals surface area contributed by atoms with Crippen molar-refractivity contribution in [1.29, 1.82) is 0 Å². The molecule has 0 spiro atoms. The van der Waals surface area contributed by atoms with Gasteiger partial charge in [-0.05, 0) is 55.1 Å². The normalized spacial score (nSPS) is 11.0. The van der Waals surface area contributed by atoms with E-state index in [9.17, 15) is 0 Å². The SMILES string of the molecule is Cc1ccc(C)c(NC(=S)N(CC(C)C)CC(C)C)c1. The van der Waals surface area contributed by atoms with Gasteiger partial charge in [0.15, 0.2) is 5.11 Å². The number of nitrogens with zero attached hydrogens (tertiary/aromatic N) is 1. The Morgan fingerprint density at radius 1 is 1.10 bits per heavy atom. The van der Waals surface area contributed by atoms with Crippen LogP contribution in [0.4, 0.5) is 5.69 Å². The minimum Gasteiger partial charge on any atom is -0.349 e. The van der Waals surface area contributed by atoms with Gasteiger partial charge in [-0.2, -0.15) is 0 Å². The molecular weight excluding hydrogens is 264 g/mol. The van der Waals surface area contributed by atoms with Crippen molar-refractivity contribution in [2.24, 2.45) is 11.8 Å². The lowest BCUT2D eigenvalue weighted by atomic mass is 10.1. The Hall–Kier alpha value is -1.09. The third-order valence-corrected chi connectivity index (χ3v) is 3.45. The van der Waals surface area contributed by atoms with Crippen molar-refractivity contribution >= 4 is 23.0 Å². The Balaban J connectivity index is 2.81. The van der Waals surface area contributed by atoms with Gasteiger partial charge in [-0.1, -0.05) is 39.8 Å². The average Bonchev–Trinajstić information content (AvgIpc) is 2.31. The fourth-order valence-corrected chi connectivity index (χ4v) is 2.45. The molecule has 1 aromatic rings. The second-order valence-corrected chi connectivity index (χ2v) is 6.83. The summed E-state index contributed by atoms with van der Waals surface area (Å²) < 4.78 is 0. The molecule has 1 N–H and O–H groups in total. The fraction of sp³-hybridized carbons (Fsp3) is 0.588. The third-order valence-electron chi connectivity index (χ3n) is 3.09. The summed E-state index contributed by atoms with van der Waals surface area (Å²) in [6, 6.07) is 6.42. The molecule has 3 heteroatoms. The monoisotopic (exact) mass is 292 g/mol. The average molecular weight is 292 g/mol. The molecule has 112 valence electrons. The number of anilines is 1. The highest BCUT2D eigenvalue weighted by molar-refractivity contribution is 7.80. The van der Waals surface area contributed by atoms with Crippen LogP contribution in [-0.4, -0.2) is 23.1 Å². The quantitative estimate of drug-likeness (QED) is 0.798. The first-order chi connectivity index (χ1) is 9.29. The van der Waals surface area contributed by atoms with Gasteiger partial charge in [-0.25, -0.2) is 0 Å². The minimum atomic E-state index is 0.604. The molecule has 20 heavy (non-hydrogen) atoms. The summed E-state index contributed by atoms with van der Waals surface area (Å²) in [5, 5.41) is 4.25. The van der Waals surface area contributed by atoms with E-state index >= 15 is 0 Å². The van der Waals surface area contributed by atoms with Gasteiger partial charge < -0.3 is 10.2 Å². The number of hydrogen-bond acceptors (Lipinski definition) is 1. The Morgan fingerprint density at radius 2 is 1.65 bits per heavy atom. The van der Waals surface area contributed by atoms with Gasteiger partial charge in [0.2, 0.25) is 0 Å². The van der Waals surface area contributed by atoms with Gasteiger partial charge in [0.1, 0.15) is 0 Å². The van der Waals surface area contributed by atoms with E-state index in [1.54, 1.807) is 0 Å². The summed E-state index contributed by atoms with van der Waals surface area (Å²) in [5.41, 5.74) is 3.60. The molecule has 1 aromatic carbocycles. The summed E-state index contributed by atoms with van der Waals surface area (Å²) in [6.45, 7) is 15.1. The lowest BCUT2D eigenvalue weighted by molar-refractivity contribution is 0.332. The van der Waals surface area contributed by atoms with Gasteiger partial charge >= 0.3 is 0 Å². The van der Waals surface area contributed by atoms with Gasteiger partial charge in [0, 0.05) is 18.8 Å². The summed E-state index contributed by atoms with van der Waals surface area (Å²) in [5.74, 6) is 1.21. The minimum absolute atomic E-state index is 0.604. The second kappa shape index (κ2) is 7.63. The highest BCUT2D eigenvalue weighted by Crippen LogP contribution is 2.17. The maximum absolute atomic E-state index is 5.61. The van der Waals surface area contributed by atoms with Crippen molar-refractivity contribution < 1.29 is 0 Å². The predicted octanol–water partition coefficient (Wildman–Crippen LogP) is 4.61. The summed E-state index contributed by atoms with van der Waals surface area (Å²) in [6.07, 6.45) is 0. The van der Waals surface area contributed by atoms with Crippen LogP contribution in [0.5, 0.6) is 0 Å². The zero-order valence-corrected chi connectivity index (χ0v) is 14.5. The summed E-state index contributed by atoms with van der Waals surface area (Å²) in [7, 11) is 0. The van der Waals surface area contributed by atoms with Crippen LogP contribution in [0.3, 0.4) is 0 Å². The molecule has 0 radical (unpaired) electrons. The summed E-state index contributed by atoms with van der Waals surface area (Å²) >= 11 is 5.61. The lowest BCUT2D eigenvalue weighted by Gasteiger charge is -2.29. The Kier molecular flexibility index (Phi) is 6.47. The molecule has 0 aromatic heterocycles. The van der Waals surface area contributed by atoms with Crippen molar-refractivity contribution in [1.82, 2.24) is 4.90 Å². The molecule has 0 amide bonds. The van der Waals surface area contributed by atoms with Gasteiger partial charge in [-0.15, -0.1) is 0 Å². The van der Waals surface area contributed by atoms with E-state index in [1.165, 1.54) is 11.1 Å². The molecule has 0 unspecified atom stereocenters. The van der Waals surface area contributed by atoms with Crippen LogP contribution >= 0.6 is 12.2 Å². The van der Waals surface area contributed by atoms with Gasteiger partial charge in [0.05, 0.1) is 0 Å². The second-order valence-electron chi connectivity index (χ2n) is 6.44. The van der Waals surface area contributed by atoms with E-state index in [0.29, 0.717) is 11.8 Å². The number of benzene rings is 1. The first-order valence-electron chi connectivity index (χ1n) is 7.42. The van der Waals surface area contributed by atoms with Crippen molar-refractivity contribution in [2.45, 2.75) is 41.5 Å². The highest BCUT2D eigenvalue weighted by Gasteiger charge is 2.13. The zero-order valence-electron chi connectivity index (χ0n) is 13.7. The first-order valence-corrected chi connectivity index (χ1v) is 7.83. The molecular formula is C17H28N2S. The Labute approximate surface area is 129 Å². The van der Waals surface area contributed by atoms with E-state index < -0.39 is 0 Å². The smallest absolute Gasteiger partial charge is 0.173 e. The van der Waals surface area contributed by atoms with Gasteiger partial charge in [0.25, 0.3) is 0 Å². The van der Waals surface area contributed by atoms with Crippen LogP contribution in [0.2, 0.25) is 0 Å². The topological polar surface area (TPSA) is 15.3 Å². The van der Waals surface area contributed by atoms with E-state index in [4.69, 9.17) is 12.2 Å². The van der Waals surface area contributed by atoms with E-state index in [-0.39, 0.29) is 0 Å². The predicted molar refractivity (Wildman–Crippen MR) is 93.4 cm³/mol. The zero-order chi connectivity index (χ0) is 15.3. The Morgan fingerprint density at radius 3 is 2.15 bits per heavy atom. The molecule has 0 aliphatic carbocycles. The standard InChI is InChI=1S/C17H28N2S/c1-12(2)10-19(11-13(3)4)17(20)18-16-9-14(5)7-8-15(16)6/h7-9,12-13H,10-11H2,1-6H3,(H,18,20). The van der Waals surface area contributed by atoms with Crippen LogP contribution in [0, 0.1) is 25.7 Å². The molecule has 0 aliphatic rings. The number of aryl methyl sites for hydroxylation is 2. The molecule has 2 nitrogen and oxygen atoms in total. The lowest BCUT2D eigenvalue weighted by Crippen LogP contribution is -2.39. The van der Waals surface area contributed by atoms with E-state index in [0.717, 1.165) is 23.9 Å². The van der Waals surface area contributed by atoms with Crippen molar-refractivity contribution in [3.63, 3.8) is 0 Å². The van der Waals surface area contributed by atoms with E-state index in [1.807, 2.05) is 0 Å². The van der Waals surface area contributed by atoms with Gasteiger partial charge in [-0.3, -0.25) is 0 Å². The highest BCUT2D eigenvalue weighted by atomic mass is 32.1.